The summed E-state index contributed by atoms with van der Waals surface area (Å²) in [5, 5.41) is 12.4. The molecule has 5 nitrogen and oxygen atoms in total. The first kappa shape index (κ1) is 16.8. The molecule has 3 N–H and O–H groups in total. The van der Waals surface area contributed by atoms with E-state index in [0.717, 1.165) is 12.8 Å². The minimum atomic E-state index is -4.07. The number of hydrogen-bond donors (Lipinski definition) is 3. The third-order valence-electron chi connectivity index (χ3n) is 2.65. The van der Waals surface area contributed by atoms with Crippen molar-refractivity contribution >= 4 is 39.7 Å². The summed E-state index contributed by atoms with van der Waals surface area (Å²) in [7, 11) is -4.07. The van der Waals surface area contributed by atoms with Crippen LogP contribution in [0.4, 0.5) is 0 Å². The van der Waals surface area contributed by atoms with Crippen LogP contribution in [0, 0.1) is 0 Å². The Morgan fingerprint density at radius 3 is 2.31 bits per heavy atom. The molecule has 1 atom stereocenters. The van der Waals surface area contributed by atoms with Crippen molar-refractivity contribution in [3.05, 3.63) is 0 Å². The van der Waals surface area contributed by atoms with E-state index >= 15 is 0 Å². The van der Waals surface area contributed by atoms with Crippen molar-refractivity contribution in [1.82, 2.24) is 5.32 Å². The maximum atomic E-state index is 10.5. The van der Waals surface area contributed by atoms with E-state index in [2.05, 4.69) is 5.32 Å². The number of nitrogens with one attached hydrogen (secondary N) is 1. The molecular weight excluding hydrogens is 241 g/mol. The molecule has 16 heavy (non-hydrogen) atoms. The second-order valence-electron chi connectivity index (χ2n) is 4.15. The van der Waals surface area contributed by atoms with E-state index < -0.39 is 22.0 Å². The summed E-state index contributed by atoms with van der Waals surface area (Å²) < 4.78 is 29.4. The van der Waals surface area contributed by atoms with Gasteiger partial charge in [-0.3, -0.25) is 4.55 Å². The van der Waals surface area contributed by atoms with Crippen molar-refractivity contribution in [2.24, 2.45) is 0 Å². The second-order valence-corrected chi connectivity index (χ2v) is 5.64. The zero-order chi connectivity index (χ0) is 11.3. The van der Waals surface area contributed by atoms with E-state index in [4.69, 9.17) is 4.55 Å². The van der Waals surface area contributed by atoms with Gasteiger partial charge in [0.25, 0.3) is 10.1 Å². The van der Waals surface area contributed by atoms with Crippen LogP contribution >= 0.6 is 0 Å². The molecule has 7 heteroatoms. The maximum absolute atomic E-state index is 10.5. The van der Waals surface area contributed by atoms with Crippen LogP contribution in [-0.4, -0.2) is 72.1 Å². The van der Waals surface area contributed by atoms with Crippen LogP contribution in [0.3, 0.4) is 0 Å². The first-order valence-electron chi connectivity index (χ1n) is 5.34. The number of hydrogen-bond acceptors (Lipinski definition) is 4. The fraction of sp³-hybridized carbons (Fsp3) is 1.00. The van der Waals surface area contributed by atoms with Gasteiger partial charge in [-0.25, -0.2) is 0 Å². The smallest absolute Gasteiger partial charge is 0.267 e. The molecule has 1 unspecified atom stereocenters. The largest absolute Gasteiger partial charge is 0.391 e. The van der Waals surface area contributed by atoms with E-state index in [1.807, 2.05) is 0 Å². The number of rotatable bonds is 5. The number of aliphatic hydroxyl groups is 1. The fourth-order valence-corrected chi connectivity index (χ4v) is 2.52. The molecule has 0 aliphatic heterocycles. The average molecular weight is 260 g/mol. The quantitative estimate of drug-likeness (QED) is 0.470. The maximum Gasteiger partial charge on any atom is 0.267 e. The molecule has 0 amide bonds. The molecule has 0 bridgehead atoms. The molecule has 0 spiro atoms. The average Bonchev–Trinajstić information content (AvgIpc) is 2.14. The van der Waals surface area contributed by atoms with Crippen molar-refractivity contribution in [3.8, 4) is 0 Å². The molecule has 1 saturated carbocycles. The van der Waals surface area contributed by atoms with Crippen LogP contribution in [0.25, 0.3) is 0 Å². The Labute approximate surface area is 119 Å². The second kappa shape index (κ2) is 8.02. The van der Waals surface area contributed by atoms with Gasteiger partial charge in [-0.15, -0.1) is 0 Å². The van der Waals surface area contributed by atoms with Crippen LogP contribution in [0.15, 0.2) is 0 Å². The van der Waals surface area contributed by atoms with Gasteiger partial charge in [0.2, 0.25) is 0 Å². The molecule has 0 aromatic heterocycles. The zero-order valence-corrected chi connectivity index (χ0v) is 12.5. The fourth-order valence-electron chi connectivity index (χ4n) is 1.91. The molecule has 0 aromatic rings. The molecule has 1 radical (unpaired) electrons. The van der Waals surface area contributed by atoms with Crippen molar-refractivity contribution in [2.45, 2.75) is 44.2 Å². The van der Waals surface area contributed by atoms with Gasteiger partial charge in [0, 0.05) is 42.1 Å². The van der Waals surface area contributed by atoms with Gasteiger partial charge in [0.15, 0.2) is 0 Å². The van der Waals surface area contributed by atoms with E-state index in [1.165, 1.54) is 19.3 Å². The Bertz CT molecular complexity index is 277. The van der Waals surface area contributed by atoms with Gasteiger partial charge in [0.1, 0.15) is 5.75 Å². The predicted octanol–water partition coefficient (Wildman–Crippen LogP) is -0.223. The van der Waals surface area contributed by atoms with Gasteiger partial charge < -0.3 is 10.4 Å². The predicted molar refractivity (Wildman–Crippen MR) is 63.1 cm³/mol. The van der Waals surface area contributed by atoms with Crippen LogP contribution in [-0.2, 0) is 10.1 Å². The summed E-state index contributed by atoms with van der Waals surface area (Å²) in [5.41, 5.74) is 0. The Hall–Kier alpha value is 0.830. The van der Waals surface area contributed by atoms with Gasteiger partial charge >= 0.3 is 0 Å². The Morgan fingerprint density at radius 1 is 1.25 bits per heavy atom. The minimum Gasteiger partial charge on any atom is -0.391 e. The minimum absolute atomic E-state index is 0. The number of aliphatic hydroxyl groups excluding tert-OH is 1. The first-order chi connectivity index (χ1) is 6.97. The zero-order valence-electron chi connectivity index (χ0n) is 9.72. The summed E-state index contributed by atoms with van der Waals surface area (Å²) in [4.78, 5) is 0. The topological polar surface area (TPSA) is 86.6 Å². The van der Waals surface area contributed by atoms with E-state index in [1.54, 1.807) is 0 Å². The van der Waals surface area contributed by atoms with E-state index in [-0.39, 0.29) is 36.1 Å². The summed E-state index contributed by atoms with van der Waals surface area (Å²) >= 11 is 0. The molecular formula is C9H19NNaO4S. The first-order valence-corrected chi connectivity index (χ1v) is 6.95. The van der Waals surface area contributed by atoms with Gasteiger partial charge in [-0.2, -0.15) is 8.42 Å². The van der Waals surface area contributed by atoms with Gasteiger partial charge in [-0.1, -0.05) is 19.3 Å². The third kappa shape index (κ3) is 8.00. The van der Waals surface area contributed by atoms with Crippen LogP contribution in [0.2, 0.25) is 0 Å². The van der Waals surface area contributed by atoms with Crippen LogP contribution < -0.4 is 5.32 Å². The molecule has 91 valence electrons. The van der Waals surface area contributed by atoms with Crippen molar-refractivity contribution < 1.29 is 18.1 Å². The third-order valence-corrected chi connectivity index (χ3v) is 3.46. The summed E-state index contributed by atoms with van der Waals surface area (Å²) in [6.07, 6.45) is 4.77. The normalized spacial score (nSPS) is 20.1. The van der Waals surface area contributed by atoms with E-state index in [9.17, 15) is 13.5 Å². The standard InChI is InChI=1S/C9H19NO4S.Na/c11-9(7-15(12,13)14)6-10-8-4-2-1-3-5-8;/h8-11H,1-7H2,(H,12,13,14);. The Balaban J connectivity index is 0.00000225. The van der Waals surface area contributed by atoms with Crippen LogP contribution in [0.5, 0.6) is 0 Å². The molecule has 0 aromatic carbocycles. The molecule has 0 heterocycles. The molecule has 1 aliphatic carbocycles. The molecule has 1 rings (SSSR count). The van der Waals surface area contributed by atoms with Crippen molar-refractivity contribution in [2.75, 3.05) is 12.3 Å². The van der Waals surface area contributed by atoms with Crippen molar-refractivity contribution in [1.29, 1.82) is 0 Å². The van der Waals surface area contributed by atoms with Gasteiger partial charge in [0.05, 0.1) is 6.10 Å². The molecule has 1 fully saturated rings. The van der Waals surface area contributed by atoms with E-state index in [0.29, 0.717) is 6.04 Å². The molecule has 1 aliphatic rings. The Kier molecular flexibility index (Phi) is 8.44. The van der Waals surface area contributed by atoms with Crippen molar-refractivity contribution in [3.63, 3.8) is 0 Å². The summed E-state index contributed by atoms with van der Waals surface area (Å²) in [6.45, 7) is 0.227. The Morgan fingerprint density at radius 2 is 1.81 bits per heavy atom. The summed E-state index contributed by atoms with van der Waals surface area (Å²) in [6, 6.07) is 0.384. The summed E-state index contributed by atoms with van der Waals surface area (Å²) in [5.74, 6) is -0.591. The molecule has 0 saturated heterocycles. The monoisotopic (exact) mass is 260 g/mol. The van der Waals surface area contributed by atoms with Crippen LogP contribution in [0.1, 0.15) is 32.1 Å². The SMILES string of the molecule is O=S(=O)(O)CC(O)CNC1CCCCC1.[Na]. The van der Waals surface area contributed by atoms with Gasteiger partial charge in [-0.05, 0) is 12.8 Å².